The van der Waals surface area contributed by atoms with Gasteiger partial charge in [-0.2, -0.15) is 0 Å². The van der Waals surface area contributed by atoms with Crippen LogP contribution in [0.2, 0.25) is 0 Å². The molecule has 0 aliphatic heterocycles. The van der Waals surface area contributed by atoms with E-state index in [-0.39, 0.29) is 11.8 Å². The zero-order valence-corrected chi connectivity index (χ0v) is 11.5. The number of halogens is 1. The van der Waals surface area contributed by atoms with Gasteiger partial charge < -0.3 is 4.74 Å². The molecule has 0 heterocycles. The monoisotopic (exact) mass is 298 g/mol. The van der Waals surface area contributed by atoms with Gasteiger partial charge in [-0.05, 0) is 37.6 Å². The minimum atomic E-state index is -0.385. The van der Waals surface area contributed by atoms with E-state index < -0.39 is 0 Å². The fourth-order valence-electron chi connectivity index (χ4n) is 1.51. The van der Waals surface area contributed by atoms with E-state index in [2.05, 4.69) is 15.9 Å². The molecule has 17 heavy (non-hydrogen) atoms. The molecule has 0 aliphatic carbocycles. The van der Waals surface area contributed by atoms with Crippen LogP contribution in [0.15, 0.2) is 18.2 Å². The number of carbonyl (C=O) groups excluding carboxylic acids is 2. The van der Waals surface area contributed by atoms with E-state index in [1.165, 1.54) is 0 Å². The number of rotatable bonds is 5. The lowest BCUT2D eigenvalue weighted by Crippen LogP contribution is -2.08. The highest BCUT2D eigenvalue weighted by Gasteiger charge is 2.12. The van der Waals surface area contributed by atoms with Crippen LogP contribution in [-0.2, 0) is 4.74 Å². The third kappa shape index (κ3) is 3.97. The zero-order chi connectivity index (χ0) is 12.8. The van der Waals surface area contributed by atoms with Gasteiger partial charge in [-0.1, -0.05) is 15.9 Å². The van der Waals surface area contributed by atoms with Crippen LogP contribution in [0.1, 0.15) is 39.6 Å². The van der Waals surface area contributed by atoms with Crippen molar-refractivity contribution in [3.8, 4) is 0 Å². The van der Waals surface area contributed by atoms with Gasteiger partial charge in [0.25, 0.3) is 0 Å². The van der Waals surface area contributed by atoms with E-state index in [0.29, 0.717) is 29.5 Å². The molecule has 92 valence electrons. The number of esters is 1. The van der Waals surface area contributed by atoms with E-state index in [1.807, 2.05) is 6.92 Å². The molecule has 0 bridgehead atoms. The van der Waals surface area contributed by atoms with Gasteiger partial charge in [0.15, 0.2) is 5.78 Å². The van der Waals surface area contributed by atoms with Crippen LogP contribution in [0.25, 0.3) is 0 Å². The van der Waals surface area contributed by atoms with Gasteiger partial charge in [0.1, 0.15) is 0 Å². The van der Waals surface area contributed by atoms with Crippen molar-refractivity contribution >= 4 is 27.7 Å². The number of aryl methyl sites for hydroxylation is 1. The predicted octanol–water partition coefficient (Wildman–Crippen LogP) is 3.14. The first kappa shape index (κ1) is 13.9. The first-order valence-corrected chi connectivity index (χ1v) is 6.58. The van der Waals surface area contributed by atoms with E-state index in [4.69, 9.17) is 4.74 Å². The Balaban J connectivity index is 3.01. The predicted molar refractivity (Wildman–Crippen MR) is 69.9 cm³/mol. The Bertz CT molecular complexity index is 390. The van der Waals surface area contributed by atoms with Gasteiger partial charge in [-0.15, -0.1) is 0 Å². The molecule has 0 aromatic heterocycles. The fourth-order valence-corrected chi connectivity index (χ4v) is 1.87. The number of ketones is 1. The van der Waals surface area contributed by atoms with Crippen LogP contribution in [0.5, 0.6) is 0 Å². The van der Waals surface area contributed by atoms with Crippen molar-refractivity contribution in [3.63, 3.8) is 0 Å². The lowest BCUT2D eigenvalue weighted by atomic mass is 10.0. The SMILES string of the molecule is CCOC(=O)c1cc(C)cc(C(=O)CCBr)c1. The summed E-state index contributed by atoms with van der Waals surface area (Å²) in [5.41, 5.74) is 1.88. The summed E-state index contributed by atoms with van der Waals surface area (Å²) in [5.74, 6) is -0.361. The molecule has 0 saturated heterocycles. The standard InChI is InChI=1S/C13H15BrO3/c1-3-17-13(16)11-7-9(2)6-10(8-11)12(15)4-5-14/h6-8H,3-5H2,1-2H3. The quantitative estimate of drug-likeness (QED) is 0.476. The Labute approximate surface area is 109 Å². The summed E-state index contributed by atoms with van der Waals surface area (Å²) in [6, 6.07) is 5.10. The summed E-state index contributed by atoms with van der Waals surface area (Å²) >= 11 is 3.23. The Morgan fingerprint density at radius 1 is 1.24 bits per heavy atom. The molecule has 0 atom stereocenters. The van der Waals surface area contributed by atoms with Crippen molar-refractivity contribution in [3.05, 3.63) is 34.9 Å². The average molecular weight is 299 g/mol. The first-order chi connectivity index (χ1) is 8.08. The molecule has 0 radical (unpaired) electrons. The molecule has 0 spiro atoms. The van der Waals surface area contributed by atoms with Gasteiger partial charge in [0, 0.05) is 17.3 Å². The molecule has 1 aromatic carbocycles. The molecule has 3 nitrogen and oxygen atoms in total. The third-order valence-electron chi connectivity index (χ3n) is 2.23. The molecular weight excluding hydrogens is 284 g/mol. The Kier molecular flexibility index (Phi) is 5.35. The molecular formula is C13H15BrO3. The maximum atomic E-state index is 11.7. The number of hydrogen-bond acceptors (Lipinski definition) is 3. The summed E-state index contributed by atoms with van der Waals surface area (Å²) in [6.07, 6.45) is 0.422. The van der Waals surface area contributed by atoms with E-state index in [1.54, 1.807) is 25.1 Å². The highest BCUT2D eigenvalue weighted by molar-refractivity contribution is 9.09. The second kappa shape index (κ2) is 6.55. The maximum Gasteiger partial charge on any atom is 0.338 e. The second-order valence-electron chi connectivity index (χ2n) is 3.67. The fraction of sp³-hybridized carbons (Fsp3) is 0.385. The van der Waals surface area contributed by atoms with Crippen molar-refractivity contribution in [1.82, 2.24) is 0 Å². The lowest BCUT2D eigenvalue weighted by molar-refractivity contribution is 0.0526. The highest BCUT2D eigenvalue weighted by Crippen LogP contribution is 2.13. The van der Waals surface area contributed by atoms with Crippen molar-refractivity contribution in [1.29, 1.82) is 0 Å². The molecule has 1 aromatic rings. The van der Waals surface area contributed by atoms with Crippen LogP contribution < -0.4 is 0 Å². The molecule has 0 aliphatic rings. The maximum absolute atomic E-state index is 11.7. The van der Waals surface area contributed by atoms with Gasteiger partial charge in [0.2, 0.25) is 0 Å². The van der Waals surface area contributed by atoms with Crippen molar-refractivity contribution in [2.24, 2.45) is 0 Å². The van der Waals surface area contributed by atoms with Crippen LogP contribution in [-0.4, -0.2) is 23.7 Å². The van der Waals surface area contributed by atoms with Crippen molar-refractivity contribution < 1.29 is 14.3 Å². The molecule has 0 fully saturated rings. The van der Waals surface area contributed by atoms with E-state index >= 15 is 0 Å². The molecule has 4 heteroatoms. The summed E-state index contributed by atoms with van der Waals surface area (Å²) in [6.45, 7) is 3.94. The molecule has 0 amide bonds. The zero-order valence-electron chi connectivity index (χ0n) is 9.96. The van der Waals surface area contributed by atoms with Crippen molar-refractivity contribution in [2.45, 2.75) is 20.3 Å². The topological polar surface area (TPSA) is 43.4 Å². The van der Waals surface area contributed by atoms with Gasteiger partial charge >= 0.3 is 5.97 Å². The number of ether oxygens (including phenoxy) is 1. The number of hydrogen-bond donors (Lipinski definition) is 0. The second-order valence-corrected chi connectivity index (χ2v) is 4.46. The van der Waals surface area contributed by atoms with Crippen LogP contribution in [0, 0.1) is 6.92 Å². The highest BCUT2D eigenvalue weighted by atomic mass is 79.9. The van der Waals surface area contributed by atoms with E-state index in [9.17, 15) is 9.59 Å². The third-order valence-corrected chi connectivity index (χ3v) is 2.63. The number of benzene rings is 1. The smallest absolute Gasteiger partial charge is 0.338 e. The normalized spacial score (nSPS) is 10.1. The van der Waals surface area contributed by atoms with E-state index in [0.717, 1.165) is 5.56 Å². The van der Waals surface area contributed by atoms with Crippen LogP contribution in [0.3, 0.4) is 0 Å². The van der Waals surface area contributed by atoms with Gasteiger partial charge in [-0.25, -0.2) is 4.79 Å². The Hall–Kier alpha value is -1.16. The molecule has 0 unspecified atom stereocenters. The summed E-state index contributed by atoms with van der Waals surface area (Å²) < 4.78 is 4.92. The Morgan fingerprint density at radius 2 is 1.88 bits per heavy atom. The minimum absolute atomic E-state index is 0.0242. The summed E-state index contributed by atoms with van der Waals surface area (Å²) in [7, 11) is 0. The van der Waals surface area contributed by atoms with Crippen LogP contribution >= 0.6 is 15.9 Å². The van der Waals surface area contributed by atoms with Crippen molar-refractivity contribution in [2.75, 3.05) is 11.9 Å². The largest absolute Gasteiger partial charge is 0.462 e. The summed E-state index contributed by atoms with van der Waals surface area (Å²) in [5, 5.41) is 0.620. The molecule has 0 saturated carbocycles. The average Bonchev–Trinajstić information content (AvgIpc) is 2.29. The Morgan fingerprint density at radius 3 is 2.47 bits per heavy atom. The minimum Gasteiger partial charge on any atom is -0.462 e. The molecule has 0 N–H and O–H groups in total. The number of Topliss-reactive ketones (excluding diaryl/α,β-unsaturated/α-hetero) is 1. The number of alkyl halides is 1. The lowest BCUT2D eigenvalue weighted by Gasteiger charge is -2.06. The molecule has 1 rings (SSSR count). The first-order valence-electron chi connectivity index (χ1n) is 5.46. The van der Waals surface area contributed by atoms with Crippen LogP contribution in [0.4, 0.5) is 0 Å². The van der Waals surface area contributed by atoms with Gasteiger partial charge in [-0.3, -0.25) is 4.79 Å². The number of carbonyl (C=O) groups is 2. The summed E-state index contributed by atoms with van der Waals surface area (Å²) in [4.78, 5) is 23.3. The van der Waals surface area contributed by atoms with Gasteiger partial charge in [0.05, 0.1) is 12.2 Å².